The third-order valence-electron chi connectivity index (χ3n) is 4.59. The molecule has 6 heteroatoms. The Morgan fingerprint density at radius 2 is 1.60 bits per heavy atom. The van der Waals surface area contributed by atoms with Crippen LogP contribution in [0.15, 0.2) is 22.1 Å². The molecule has 0 aromatic heterocycles. The monoisotopic (exact) mass is 352 g/mol. The van der Waals surface area contributed by atoms with E-state index in [1.54, 1.807) is 0 Å². The fraction of sp³-hybridized carbons (Fsp3) is 0.789. The van der Waals surface area contributed by atoms with Crippen LogP contribution < -0.4 is 22.5 Å². The van der Waals surface area contributed by atoms with Gasteiger partial charge in [-0.05, 0) is 32.1 Å². The summed E-state index contributed by atoms with van der Waals surface area (Å²) in [7, 11) is 1.85. The maximum atomic E-state index is 6.30. The minimum absolute atomic E-state index is 0.161. The van der Waals surface area contributed by atoms with Gasteiger partial charge in [0.05, 0.1) is 18.1 Å². The third kappa shape index (κ3) is 7.16. The SMILES string of the molecule is CC/C=C\C(C)(/N=C(\NC)[C@@H](N)C(C)C)[C@@H](C)/N=C(\N)[C@@H](N)C(C)C. The van der Waals surface area contributed by atoms with Crippen molar-refractivity contribution in [2.24, 2.45) is 39.0 Å². The van der Waals surface area contributed by atoms with Crippen molar-refractivity contribution in [2.45, 2.75) is 78.6 Å². The quantitative estimate of drug-likeness (QED) is 0.289. The van der Waals surface area contributed by atoms with Gasteiger partial charge in [0.2, 0.25) is 0 Å². The van der Waals surface area contributed by atoms with E-state index in [2.05, 4.69) is 43.2 Å². The summed E-state index contributed by atoms with van der Waals surface area (Å²) in [5.41, 5.74) is 18.0. The second-order valence-electron chi connectivity index (χ2n) is 7.55. The van der Waals surface area contributed by atoms with Crippen LogP contribution >= 0.6 is 0 Å². The first-order chi connectivity index (χ1) is 11.5. The summed E-state index contributed by atoms with van der Waals surface area (Å²) in [6.07, 6.45) is 5.11. The molecule has 0 saturated heterocycles. The molecule has 25 heavy (non-hydrogen) atoms. The van der Waals surface area contributed by atoms with Crippen molar-refractivity contribution < 1.29 is 0 Å². The van der Waals surface area contributed by atoms with Crippen molar-refractivity contribution in [1.29, 1.82) is 0 Å². The van der Waals surface area contributed by atoms with E-state index in [4.69, 9.17) is 22.2 Å². The van der Waals surface area contributed by atoms with Gasteiger partial charge < -0.3 is 22.5 Å². The van der Waals surface area contributed by atoms with E-state index in [0.29, 0.717) is 5.84 Å². The van der Waals surface area contributed by atoms with Crippen molar-refractivity contribution >= 4 is 11.7 Å². The molecule has 0 heterocycles. The Bertz CT molecular complexity index is 480. The third-order valence-corrected chi connectivity index (χ3v) is 4.59. The van der Waals surface area contributed by atoms with E-state index >= 15 is 0 Å². The number of nitrogens with zero attached hydrogens (tertiary/aromatic N) is 2. The van der Waals surface area contributed by atoms with Gasteiger partial charge in [-0.15, -0.1) is 0 Å². The molecule has 7 N–H and O–H groups in total. The summed E-state index contributed by atoms with van der Waals surface area (Å²) in [6, 6.07) is -0.582. The van der Waals surface area contributed by atoms with E-state index in [-0.39, 0.29) is 30.0 Å². The lowest BCUT2D eigenvalue weighted by atomic mass is 9.92. The minimum Gasteiger partial charge on any atom is -0.386 e. The zero-order valence-corrected chi connectivity index (χ0v) is 17.4. The lowest BCUT2D eigenvalue weighted by Gasteiger charge is -2.30. The summed E-state index contributed by atoms with van der Waals surface area (Å²) in [5.74, 6) is 1.75. The normalized spacial score (nSPS) is 20.0. The number of aliphatic imine (C=N–C) groups is 2. The second kappa shape index (κ2) is 10.6. The van der Waals surface area contributed by atoms with Gasteiger partial charge in [0, 0.05) is 7.05 Å². The molecule has 0 aromatic rings. The Labute approximate surface area is 154 Å². The molecule has 0 amide bonds. The first-order valence-corrected chi connectivity index (χ1v) is 9.29. The van der Waals surface area contributed by atoms with Gasteiger partial charge in [0.15, 0.2) is 0 Å². The molecule has 0 bridgehead atoms. The van der Waals surface area contributed by atoms with Crippen molar-refractivity contribution in [3.05, 3.63) is 12.2 Å². The molecule has 0 aromatic carbocycles. The predicted molar refractivity (Wildman–Crippen MR) is 111 cm³/mol. The average molecular weight is 353 g/mol. The number of nitrogens with two attached hydrogens (primary N) is 3. The van der Waals surface area contributed by atoms with Crippen molar-refractivity contribution in [3.63, 3.8) is 0 Å². The Hall–Kier alpha value is -1.40. The van der Waals surface area contributed by atoms with Gasteiger partial charge in [0.25, 0.3) is 0 Å². The van der Waals surface area contributed by atoms with Gasteiger partial charge >= 0.3 is 0 Å². The molecule has 0 spiro atoms. The summed E-state index contributed by atoms with van der Waals surface area (Å²) < 4.78 is 0. The molecule has 0 aliphatic heterocycles. The lowest BCUT2D eigenvalue weighted by Crippen LogP contribution is -2.47. The molecule has 146 valence electrons. The Morgan fingerprint density at radius 3 is 2.00 bits per heavy atom. The van der Waals surface area contributed by atoms with Crippen molar-refractivity contribution in [3.8, 4) is 0 Å². The zero-order chi connectivity index (χ0) is 19.8. The number of likely N-dealkylation sites (N-methyl/N-ethyl adjacent to an activating group) is 1. The summed E-state index contributed by atoms with van der Waals surface area (Å²) in [4.78, 5) is 9.59. The van der Waals surface area contributed by atoms with Crippen LogP contribution in [0.4, 0.5) is 0 Å². The van der Waals surface area contributed by atoms with Gasteiger partial charge in [-0.25, -0.2) is 0 Å². The molecule has 6 nitrogen and oxygen atoms in total. The largest absolute Gasteiger partial charge is 0.386 e. The first kappa shape index (κ1) is 23.6. The summed E-state index contributed by atoms with van der Waals surface area (Å²) in [6.45, 7) is 14.4. The number of rotatable bonds is 9. The number of nitrogens with one attached hydrogen (secondary N) is 1. The molecular weight excluding hydrogens is 312 g/mol. The fourth-order valence-electron chi connectivity index (χ4n) is 2.28. The summed E-state index contributed by atoms with van der Waals surface area (Å²) >= 11 is 0. The Morgan fingerprint density at radius 1 is 1.08 bits per heavy atom. The van der Waals surface area contributed by atoms with E-state index in [1.165, 1.54) is 0 Å². The van der Waals surface area contributed by atoms with Gasteiger partial charge in [-0.2, -0.15) is 0 Å². The van der Waals surface area contributed by atoms with Crippen LogP contribution in [0.3, 0.4) is 0 Å². The number of amidine groups is 2. The molecule has 4 atom stereocenters. The van der Waals surface area contributed by atoms with Crippen LogP contribution in [0.1, 0.15) is 54.9 Å². The minimum atomic E-state index is -0.553. The maximum absolute atomic E-state index is 6.30. The molecule has 0 radical (unpaired) electrons. The van der Waals surface area contributed by atoms with Crippen LogP contribution in [0.5, 0.6) is 0 Å². The van der Waals surface area contributed by atoms with E-state index < -0.39 is 5.54 Å². The topological polar surface area (TPSA) is 115 Å². The second-order valence-corrected chi connectivity index (χ2v) is 7.55. The van der Waals surface area contributed by atoms with E-state index in [1.807, 2.05) is 34.7 Å². The van der Waals surface area contributed by atoms with Crippen molar-refractivity contribution in [1.82, 2.24) is 5.32 Å². The molecule has 0 aliphatic carbocycles. The van der Waals surface area contributed by atoms with Crippen molar-refractivity contribution in [2.75, 3.05) is 7.05 Å². The zero-order valence-electron chi connectivity index (χ0n) is 17.4. The Kier molecular flexibility index (Phi) is 9.97. The molecule has 0 aliphatic rings. The smallest absolute Gasteiger partial charge is 0.114 e. The van der Waals surface area contributed by atoms with E-state index in [0.717, 1.165) is 12.3 Å². The highest BCUT2D eigenvalue weighted by Crippen LogP contribution is 2.22. The fourth-order valence-corrected chi connectivity index (χ4v) is 2.28. The van der Waals surface area contributed by atoms with E-state index in [9.17, 15) is 0 Å². The number of hydrogen-bond acceptors (Lipinski definition) is 4. The van der Waals surface area contributed by atoms with Crippen LogP contribution in [-0.4, -0.2) is 42.4 Å². The molecule has 1 unspecified atom stereocenters. The van der Waals surface area contributed by atoms with Crippen LogP contribution in [-0.2, 0) is 0 Å². The van der Waals surface area contributed by atoms with Crippen LogP contribution in [0.2, 0.25) is 0 Å². The highest BCUT2D eigenvalue weighted by atomic mass is 15.1. The standard InChI is InChI=1S/C19H40N6/c1-9-10-11-19(7,25-18(23-8)16(21)13(4)5)14(6)24-17(22)15(20)12(2)3/h10-16H,9,20-21H2,1-8H3,(H2,22,24)(H,23,25)/b11-10-/t14-,15+,16+,19?/m1/s1. The molecular formula is C19H40N6. The first-order valence-electron chi connectivity index (χ1n) is 9.29. The Balaban J connectivity index is 5.87. The highest BCUT2D eigenvalue weighted by Gasteiger charge is 2.30. The summed E-state index contributed by atoms with van der Waals surface area (Å²) in [5, 5.41) is 3.15. The highest BCUT2D eigenvalue weighted by molar-refractivity contribution is 5.88. The molecule has 0 saturated carbocycles. The number of allylic oxidation sites excluding steroid dienone is 1. The van der Waals surface area contributed by atoms with Crippen LogP contribution in [0, 0.1) is 11.8 Å². The molecule has 0 fully saturated rings. The lowest BCUT2D eigenvalue weighted by molar-refractivity contribution is 0.474. The maximum Gasteiger partial charge on any atom is 0.114 e. The van der Waals surface area contributed by atoms with Gasteiger partial charge in [-0.1, -0.05) is 46.8 Å². The van der Waals surface area contributed by atoms with Gasteiger partial charge in [-0.3, -0.25) is 9.98 Å². The van der Waals surface area contributed by atoms with Gasteiger partial charge in [0.1, 0.15) is 17.2 Å². The molecule has 0 rings (SSSR count). The predicted octanol–water partition coefficient (Wildman–Crippen LogP) is 2.04. The number of hydrogen-bond donors (Lipinski definition) is 4. The van der Waals surface area contributed by atoms with Crippen LogP contribution in [0.25, 0.3) is 0 Å². The average Bonchev–Trinajstić information content (AvgIpc) is 2.55.